The summed E-state index contributed by atoms with van der Waals surface area (Å²) >= 11 is 0. The summed E-state index contributed by atoms with van der Waals surface area (Å²) in [6.45, 7) is 4.83. The fourth-order valence-corrected chi connectivity index (χ4v) is 5.69. The molecule has 0 radical (unpaired) electrons. The number of aliphatic hydroxyl groups is 1. The molecule has 0 unspecified atom stereocenters. The average Bonchev–Trinajstić information content (AvgIpc) is 2.65. The molecule has 0 amide bonds. The zero-order chi connectivity index (χ0) is 11.6. The van der Waals surface area contributed by atoms with E-state index in [1.165, 1.54) is 12.8 Å². The van der Waals surface area contributed by atoms with Gasteiger partial charge in [0.2, 0.25) is 0 Å². The van der Waals surface area contributed by atoms with Gasteiger partial charge in [0.15, 0.2) is 17.9 Å². The van der Waals surface area contributed by atoms with E-state index < -0.39 is 17.9 Å². The van der Waals surface area contributed by atoms with Gasteiger partial charge >= 0.3 is 0 Å². The molecule has 0 aromatic carbocycles. The van der Waals surface area contributed by atoms with Crippen molar-refractivity contribution in [3.05, 3.63) is 0 Å². The maximum atomic E-state index is 10.2. The Bertz CT molecular complexity index is 420. The van der Waals surface area contributed by atoms with Crippen LogP contribution in [0.3, 0.4) is 0 Å². The molecule has 0 bridgehead atoms. The summed E-state index contributed by atoms with van der Waals surface area (Å²) in [6.07, 6.45) is 1.82. The van der Waals surface area contributed by atoms with Gasteiger partial charge in [-0.25, -0.2) is 0 Å². The minimum absolute atomic E-state index is 0.272. The number of fused-ring (bicyclic) bond motifs is 2. The first-order valence-corrected chi connectivity index (χ1v) is 6.70. The van der Waals surface area contributed by atoms with Crippen molar-refractivity contribution in [2.24, 2.45) is 29.1 Å². The third-order valence-corrected chi connectivity index (χ3v) is 6.26. The Morgan fingerprint density at radius 2 is 1.82 bits per heavy atom. The molecule has 17 heavy (non-hydrogen) atoms. The number of ether oxygens (including phenoxy) is 3. The lowest BCUT2D eigenvalue weighted by Crippen LogP contribution is -2.35. The van der Waals surface area contributed by atoms with Gasteiger partial charge in [-0.05, 0) is 38.0 Å². The first kappa shape index (κ1) is 9.73. The van der Waals surface area contributed by atoms with Crippen molar-refractivity contribution in [2.45, 2.75) is 44.6 Å². The summed E-state index contributed by atoms with van der Waals surface area (Å²) < 4.78 is 17.8. The third-order valence-electron chi connectivity index (χ3n) is 6.26. The second-order valence-corrected chi connectivity index (χ2v) is 6.87. The molecule has 94 valence electrons. The molecular formula is C13H18O4. The fraction of sp³-hybridized carbons (Fsp3) is 1.00. The third kappa shape index (κ3) is 0.793. The second kappa shape index (κ2) is 2.31. The van der Waals surface area contributed by atoms with E-state index in [0.29, 0.717) is 23.2 Å². The van der Waals surface area contributed by atoms with Crippen LogP contribution < -0.4 is 0 Å². The molecule has 0 aromatic heterocycles. The predicted octanol–water partition coefficient (Wildman–Crippen LogP) is 1.09. The Morgan fingerprint density at radius 1 is 1.06 bits per heavy atom. The quantitative estimate of drug-likeness (QED) is 0.686. The van der Waals surface area contributed by atoms with Gasteiger partial charge in [0.1, 0.15) is 0 Å². The number of rotatable bonds is 0. The molecule has 3 aliphatic heterocycles. The highest BCUT2D eigenvalue weighted by molar-refractivity contribution is 5.24. The molecule has 2 aliphatic carbocycles. The summed E-state index contributed by atoms with van der Waals surface area (Å²) in [5.74, 6) is 0.466. The summed E-state index contributed by atoms with van der Waals surface area (Å²) in [5.41, 5.74) is 0.300. The monoisotopic (exact) mass is 238 g/mol. The Hall–Kier alpha value is -0.160. The van der Waals surface area contributed by atoms with E-state index >= 15 is 0 Å². The SMILES string of the molecule is C[C@]12O[C@H](O)[C@@H]3[C@@H]1[C@H]1[C@H](CO[C@@]1(C)O2)C31CC1. The number of hydrogen-bond donors (Lipinski definition) is 1. The summed E-state index contributed by atoms with van der Waals surface area (Å²) in [6, 6.07) is 0. The van der Waals surface area contributed by atoms with Crippen molar-refractivity contribution < 1.29 is 19.3 Å². The van der Waals surface area contributed by atoms with Crippen molar-refractivity contribution in [1.82, 2.24) is 0 Å². The minimum atomic E-state index is -0.636. The van der Waals surface area contributed by atoms with Gasteiger partial charge < -0.3 is 19.3 Å². The minimum Gasteiger partial charge on any atom is -0.368 e. The van der Waals surface area contributed by atoms with Crippen LogP contribution in [0.5, 0.6) is 0 Å². The standard InChI is InChI=1S/C13H18O4/c1-11-7-6(5-15-11)13(3-4-13)9-8(7)12(2,17-11)16-10(9)14/h6-10,14H,3-5H2,1-2H3/t6-,7+,8-,9-,10-,11-,12+/m0/s1. The lowest BCUT2D eigenvalue weighted by molar-refractivity contribution is -0.321. The number of aliphatic hydroxyl groups excluding tert-OH is 1. The molecule has 7 atom stereocenters. The molecule has 3 saturated heterocycles. The molecular weight excluding hydrogens is 220 g/mol. The summed E-state index contributed by atoms with van der Waals surface area (Å²) in [4.78, 5) is 0. The zero-order valence-electron chi connectivity index (χ0n) is 10.2. The van der Waals surface area contributed by atoms with Crippen molar-refractivity contribution >= 4 is 0 Å². The molecule has 1 N–H and O–H groups in total. The van der Waals surface area contributed by atoms with E-state index in [9.17, 15) is 5.11 Å². The van der Waals surface area contributed by atoms with Crippen molar-refractivity contribution in [2.75, 3.05) is 6.61 Å². The van der Waals surface area contributed by atoms with Crippen LogP contribution in [-0.2, 0) is 14.2 Å². The fourth-order valence-electron chi connectivity index (χ4n) is 5.69. The van der Waals surface area contributed by atoms with Crippen LogP contribution in [0, 0.1) is 29.1 Å². The molecule has 4 heteroatoms. The first-order valence-electron chi connectivity index (χ1n) is 6.70. The van der Waals surface area contributed by atoms with Crippen LogP contribution in [0.15, 0.2) is 0 Å². The van der Waals surface area contributed by atoms with E-state index in [1.807, 2.05) is 6.92 Å². The Balaban J connectivity index is 1.73. The molecule has 5 rings (SSSR count). The molecule has 5 aliphatic rings. The molecule has 2 saturated carbocycles. The van der Waals surface area contributed by atoms with Gasteiger partial charge in [-0.2, -0.15) is 0 Å². The highest BCUT2D eigenvalue weighted by Crippen LogP contribution is 2.79. The van der Waals surface area contributed by atoms with Crippen LogP contribution in [-0.4, -0.2) is 29.6 Å². The molecule has 4 nitrogen and oxygen atoms in total. The maximum Gasteiger partial charge on any atom is 0.175 e. The topological polar surface area (TPSA) is 47.9 Å². The summed E-state index contributed by atoms with van der Waals surface area (Å²) in [5, 5.41) is 10.2. The maximum absolute atomic E-state index is 10.2. The lowest BCUT2D eigenvalue weighted by Gasteiger charge is -2.28. The van der Waals surface area contributed by atoms with Crippen LogP contribution in [0.1, 0.15) is 26.7 Å². The van der Waals surface area contributed by atoms with Gasteiger partial charge in [0.05, 0.1) is 6.61 Å². The van der Waals surface area contributed by atoms with E-state index in [-0.39, 0.29) is 5.92 Å². The van der Waals surface area contributed by atoms with Gasteiger partial charge in [0, 0.05) is 17.8 Å². The predicted molar refractivity (Wildman–Crippen MR) is 56.6 cm³/mol. The normalized spacial score (nSPS) is 69.0. The first-order chi connectivity index (χ1) is 8.00. The molecule has 3 heterocycles. The Kier molecular flexibility index (Phi) is 1.32. The van der Waals surface area contributed by atoms with Gasteiger partial charge in [-0.15, -0.1) is 0 Å². The van der Waals surface area contributed by atoms with E-state index in [1.54, 1.807) is 0 Å². The smallest absolute Gasteiger partial charge is 0.175 e. The number of hydrogen-bond acceptors (Lipinski definition) is 4. The average molecular weight is 238 g/mol. The van der Waals surface area contributed by atoms with Crippen molar-refractivity contribution in [3.8, 4) is 0 Å². The molecule has 5 fully saturated rings. The highest BCUT2D eigenvalue weighted by Gasteiger charge is 2.83. The van der Waals surface area contributed by atoms with Gasteiger partial charge in [-0.3, -0.25) is 0 Å². The van der Waals surface area contributed by atoms with E-state index in [0.717, 1.165) is 6.61 Å². The van der Waals surface area contributed by atoms with Crippen molar-refractivity contribution in [3.63, 3.8) is 0 Å². The van der Waals surface area contributed by atoms with Crippen LogP contribution in [0.25, 0.3) is 0 Å². The largest absolute Gasteiger partial charge is 0.368 e. The van der Waals surface area contributed by atoms with Crippen LogP contribution >= 0.6 is 0 Å². The zero-order valence-corrected chi connectivity index (χ0v) is 10.2. The summed E-state index contributed by atoms with van der Waals surface area (Å²) in [7, 11) is 0. The van der Waals surface area contributed by atoms with E-state index in [4.69, 9.17) is 14.2 Å². The Morgan fingerprint density at radius 3 is 2.53 bits per heavy atom. The van der Waals surface area contributed by atoms with Crippen molar-refractivity contribution in [1.29, 1.82) is 0 Å². The van der Waals surface area contributed by atoms with E-state index in [2.05, 4.69) is 6.92 Å². The van der Waals surface area contributed by atoms with Gasteiger partial charge in [-0.1, -0.05) is 0 Å². The molecule has 1 spiro atoms. The Labute approximate surface area is 100 Å². The van der Waals surface area contributed by atoms with Crippen LogP contribution in [0.2, 0.25) is 0 Å². The highest BCUT2D eigenvalue weighted by atomic mass is 16.8. The van der Waals surface area contributed by atoms with Crippen LogP contribution in [0.4, 0.5) is 0 Å². The van der Waals surface area contributed by atoms with Gasteiger partial charge in [0.25, 0.3) is 0 Å². The molecule has 0 aromatic rings. The lowest BCUT2D eigenvalue weighted by atomic mass is 9.83. The second-order valence-electron chi connectivity index (χ2n) is 6.87.